The van der Waals surface area contributed by atoms with E-state index >= 15 is 0 Å². The molecular formula is C56H51N7. The number of pyridine rings is 1. The maximum absolute atomic E-state index is 5.58. The van der Waals surface area contributed by atoms with Crippen molar-refractivity contribution in [3.8, 4) is 11.8 Å². The summed E-state index contributed by atoms with van der Waals surface area (Å²) in [5, 5.41) is 3.62. The summed E-state index contributed by atoms with van der Waals surface area (Å²) in [6.07, 6.45) is 38.3. The van der Waals surface area contributed by atoms with Gasteiger partial charge in [-0.2, -0.15) is 0 Å². The Kier molecular flexibility index (Phi) is 11.8. The van der Waals surface area contributed by atoms with E-state index < -0.39 is 0 Å². The molecule has 6 aliphatic rings. The van der Waals surface area contributed by atoms with Crippen LogP contribution >= 0.6 is 0 Å². The molecule has 0 radical (unpaired) electrons. The molecule has 4 aliphatic carbocycles. The Hall–Kier alpha value is -7.04. The van der Waals surface area contributed by atoms with Crippen molar-refractivity contribution in [3.05, 3.63) is 209 Å². The average Bonchev–Trinajstić information content (AvgIpc) is 3.67. The predicted molar refractivity (Wildman–Crippen MR) is 257 cm³/mol. The largest absolute Gasteiger partial charge is 0.345 e. The number of rotatable bonds is 10. The van der Waals surface area contributed by atoms with Gasteiger partial charge in [0, 0.05) is 64.5 Å². The van der Waals surface area contributed by atoms with Gasteiger partial charge in [-0.25, -0.2) is 15.0 Å². The van der Waals surface area contributed by atoms with Crippen LogP contribution in [0.2, 0.25) is 0 Å². The Morgan fingerprint density at radius 2 is 1.62 bits per heavy atom. The molecule has 0 bridgehead atoms. The molecule has 2 aromatic heterocycles. The highest BCUT2D eigenvalue weighted by Crippen LogP contribution is 2.44. The summed E-state index contributed by atoms with van der Waals surface area (Å²) in [5.41, 5.74) is 12.0. The lowest BCUT2D eigenvalue weighted by Crippen LogP contribution is -2.28. The van der Waals surface area contributed by atoms with Gasteiger partial charge in [0.2, 0.25) is 0 Å². The first-order chi connectivity index (χ1) is 31.2. The van der Waals surface area contributed by atoms with E-state index in [-0.39, 0.29) is 23.7 Å². The second kappa shape index (κ2) is 18.5. The molecule has 5 atom stereocenters. The maximum atomic E-state index is 5.58. The summed E-state index contributed by atoms with van der Waals surface area (Å²) in [7, 11) is 0. The van der Waals surface area contributed by atoms with Crippen molar-refractivity contribution in [2.24, 2.45) is 15.9 Å². The van der Waals surface area contributed by atoms with Crippen LogP contribution < -0.4 is 5.32 Å². The van der Waals surface area contributed by atoms with Gasteiger partial charge in [-0.05, 0) is 79.5 Å². The van der Waals surface area contributed by atoms with Crippen LogP contribution in [0.3, 0.4) is 0 Å². The molecule has 2 aromatic carbocycles. The lowest BCUT2D eigenvalue weighted by Gasteiger charge is -2.32. The van der Waals surface area contributed by atoms with Gasteiger partial charge in [0.05, 0.1) is 35.7 Å². The minimum absolute atomic E-state index is 0.0320. The third-order valence-electron chi connectivity index (χ3n) is 13.0. The van der Waals surface area contributed by atoms with Crippen molar-refractivity contribution in [3.63, 3.8) is 0 Å². The minimum Gasteiger partial charge on any atom is -0.345 e. The Bertz CT molecular complexity index is 2800. The summed E-state index contributed by atoms with van der Waals surface area (Å²) in [6, 6.07) is 24.3. The van der Waals surface area contributed by atoms with Crippen molar-refractivity contribution in [1.82, 2.24) is 25.3 Å². The molecule has 7 nitrogen and oxygen atoms in total. The molecule has 2 aliphatic heterocycles. The number of hydrogen-bond donors (Lipinski definition) is 1. The topological polar surface area (TPSA) is 88.3 Å². The second-order valence-corrected chi connectivity index (χ2v) is 16.8. The smallest absolute Gasteiger partial charge is 0.163 e. The highest BCUT2D eigenvalue weighted by atomic mass is 15.0. The lowest BCUT2D eigenvalue weighted by atomic mass is 9.76. The summed E-state index contributed by atoms with van der Waals surface area (Å²) in [6.45, 7) is 2.79. The van der Waals surface area contributed by atoms with Crippen molar-refractivity contribution in [2.45, 2.75) is 75.5 Å². The SMILES string of the molecule is CCC1C(c2ccccc2)=NC(C2=C(c3cccnc3C3CCCC=C3c3nc(C4=CCC#CC=C4)nc(C4C=CC=CC4)n3)CN=CN2)=CC1c1ccc(C2C=CC=CC2)cc1. The Balaban J connectivity index is 1.07. The van der Waals surface area contributed by atoms with Gasteiger partial charge in [0.1, 0.15) is 5.82 Å². The number of nitrogens with one attached hydrogen (secondary N) is 1. The number of aromatic nitrogens is 4. The van der Waals surface area contributed by atoms with Crippen LogP contribution in [0.5, 0.6) is 0 Å². The third-order valence-corrected chi connectivity index (χ3v) is 13.0. The molecule has 0 saturated heterocycles. The molecule has 5 unspecified atom stereocenters. The molecule has 0 spiro atoms. The van der Waals surface area contributed by atoms with Crippen molar-refractivity contribution in [2.75, 3.05) is 6.54 Å². The molecule has 1 N–H and O–H groups in total. The number of allylic oxidation sites excluding steroid dienone is 15. The van der Waals surface area contributed by atoms with Crippen LogP contribution in [0.4, 0.5) is 0 Å². The van der Waals surface area contributed by atoms with Crippen LogP contribution in [0.1, 0.15) is 121 Å². The fourth-order valence-electron chi connectivity index (χ4n) is 9.76. The van der Waals surface area contributed by atoms with Crippen LogP contribution in [0.15, 0.2) is 173 Å². The van der Waals surface area contributed by atoms with Crippen molar-refractivity contribution in [1.29, 1.82) is 0 Å². The summed E-state index contributed by atoms with van der Waals surface area (Å²) in [4.78, 5) is 31.2. The fraction of sp³-hybridized carbons (Fsp3) is 0.250. The number of hydrogen-bond acceptors (Lipinski definition) is 7. The minimum atomic E-state index is -0.0320. The maximum Gasteiger partial charge on any atom is 0.163 e. The molecule has 0 fully saturated rings. The summed E-state index contributed by atoms with van der Waals surface area (Å²) >= 11 is 0. The third kappa shape index (κ3) is 8.46. The molecule has 10 rings (SSSR count). The van der Waals surface area contributed by atoms with Gasteiger partial charge in [0.15, 0.2) is 11.6 Å². The van der Waals surface area contributed by atoms with E-state index in [1.54, 1.807) is 0 Å². The van der Waals surface area contributed by atoms with Gasteiger partial charge >= 0.3 is 0 Å². The van der Waals surface area contributed by atoms with E-state index in [1.165, 1.54) is 11.1 Å². The highest BCUT2D eigenvalue weighted by Gasteiger charge is 2.34. The zero-order chi connectivity index (χ0) is 42.4. The number of benzene rings is 2. The number of aliphatic imine (C=N–C) groups is 2. The van der Waals surface area contributed by atoms with Crippen LogP contribution in [0.25, 0.3) is 16.7 Å². The molecule has 310 valence electrons. The van der Waals surface area contributed by atoms with E-state index in [0.29, 0.717) is 24.7 Å². The first-order valence-corrected chi connectivity index (χ1v) is 22.6. The lowest BCUT2D eigenvalue weighted by molar-refractivity contribution is 0.586. The standard InChI is InChI=1S/C56H51N7/c1-2-44-48(40-32-30-39(31-33-40)38-19-10-5-11-20-38)35-50(60-51(44)41-21-12-6-13-22-41)53-49(36-57-37-59-53)46-29-18-34-58-52(46)45-27-16-17-28-47(45)56-62-54(42-23-8-3-4-9-24-42)61-55(63-56)43-25-14-7-15-26-43/h5-8,10-15,18-19,21-25,28-35,37-38,43-45,48H,2,9,16-17,20,26-27,36H2,1H3,(H,57,59). The monoisotopic (exact) mass is 821 g/mol. The van der Waals surface area contributed by atoms with Gasteiger partial charge in [-0.15, -0.1) is 0 Å². The first kappa shape index (κ1) is 40.1. The zero-order valence-electron chi connectivity index (χ0n) is 35.7. The van der Waals surface area contributed by atoms with Crippen molar-refractivity contribution >= 4 is 28.8 Å². The van der Waals surface area contributed by atoms with E-state index in [9.17, 15) is 0 Å². The zero-order valence-corrected chi connectivity index (χ0v) is 35.7. The Morgan fingerprint density at radius 1 is 0.810 bits per heavy atom. The average molecular weight is 822 g/mol. The van der Waals surface area contributed by atoms with E-state index in [1.807, 2.05) is 30.8 Å². The molecule has 0 saturated carbocycles. The molecule has 4 heterocycles. The molecule has 63 heavy (non-hydrogen) atoms. The van der Waals surface area contributed by atoms with Gasteiger partial charge in [0.25, 0.3) is 0 Å². The molecule has 4 aromatic rings. The second-order valence-electron chi connectivity index (χ2n) is 16.8. The number of nitrogens with zero attached hydrogens (tertiary/aromatic N) is 6. The van der Waals surface area contributed by atoms with E-state index in [0.717, 1.165) is 101 Å². The van der Waals surface area contributed by atoms with Gasteiger partial charge < -0.3 is 5.32 Å². The molecular weight excluding hydrogens is 771 g/mol. The quantitative estimate of drug-likeness (QED) is 0.161. The first-order valence-electron chi connectivity index (χ1n) is 22.6. The summed E-state index contributed by atoms with van der Waals surface area (Å²) in [5.74, 6) is 9.23. The highest BCUT2D eigenvalue weighted by molar-refractivity contribution is 6.05. The van der Waals surface area contributed by atoms with Gasteiger partial charge in [-0.1, -0.05) is 140 Å². The summed E-state index contributed by atoms with van der Waals surface area (Å²) < 4.78 is 0. The van der Waals surface area contributed by atoms with Crippen LogP contribution in [-0.4, -0.2) is 38.5 Å². The van der Waals surface area contributed by atoms with E-state index in [2.05, 4.69) is 152 Å². The van der Waals surface area contributed by atoms with E-state index in [4.69, 9.17) is 29.9 Å². The predicted octanol–water partition coefficient (Wildman–Crippen LogP) is 11.7. The van der Waals surface area contributed by atoms with Gasteiger partial charge in [-0.3, -0.25) is 15.0 Å². The fourth-order valence-corrected chi connectivity index (χ4v) is 9.76. The van der Waals surface area contributed by atoms with Crippen molar-refractivity contribution < 1.29 is 0 Å². The van der Waals surface area contributed by atoms with Crippen LogP contribution in [-0.2, 0) is 0 Å². The molecule has 7 heteroatoms. The van der Waals surface area contributed by atoms with Crippen LogP contribution in [0, 0.1) is 17.8 Å². The molecule has 0 amide bonds. The Labute approximate surface area is 371 Å². The Morgan fingerprint density at radius 3 is 2.43 bits per heavy atom. The normalized spacial score (nSPS) is 23.8.